The molecule has 1 fully saturated rings. The van der Waals surface area contributed by atoms with Crippen LogP contribution < -0.4 is 10.2 Å². The topological polar surface area (TPSA) is 127 Å². The molecule has 32 heavy (non-hydrogen) atoms. The minimum absolute atomic E-state index is 0.138. The van der Waals surface area contributed by atoms with E-state index < -0.39 is 0 Å². The van der Waals surface area contributed by atoms with Crippen molar-refractivity contribution in [3.05, 3.63) is 29.3 Å². The van der Waals surface area contributed by atoms with Crippen LogP contribution in [0.15, 0.2) is 18.2 Å². The van der Waals surface area contributed by atoms with Crippen molar-refractivity contribution in [2.24, 2.45) is 0 Å². The van der Waals surface area contributed by atoms with Crippen LogP contribution in [0.1, 0.15) is 40.5 Å². The maximum Gasteiger partial charge on any atom is 0.254 e. The number of nitrogens with one attached hydrogen (secondary N) is 1. The number of likely N-dealkylation sites (N-methyl/N-ethyl adjacent to an activating group) is 1. The molecule has 1 heterocycles. The molecule has 0 aliphatic carbocycles. The molecule has 10 heteroatoms. The minimum Gasteiger partial charge on any atom is -0.389 e. The highest BCUT2D eigenvalue weighted by atomic mass is 16.3. The summed E-state index contributed by atoms with van der Waals surface area (Å²) in [7, 11) is 3.71. The van der Waals surface area contributed by atoms with Gasteiger partial charge >= 0.3 is 0 Å². The van der Waals surface area contributed by atoms with E-state index in [0.29, 0.717) is 30.2 Å². The van der Waals surface area contributed by atoms with Gasteiger partial charge in [-0.2, -0.15) is 0 Å². The zero-order valence-corrected chi connectivity index (χ0v) is 18.8. The van der Waals surface area contributed by atoms with Gasteiger partial charge in [0.15, 0.2) is 6.29 Å². The fourth-order valence-electron chi connectivity index (χ4n) is 3.25. The lowest BCUT2D eigenvalue weighted by Crippen LogP contribution is -2.45. The first kappa shape index (κ1) is 26.9. The first-order valence-corrected chi connectivity index (χ1v) is 10.4. The van der Waals surface area contributed by atoms with Crippen molar-refractivity contribution in [1.82, 2.24) is 15.1 Å². The molecular weight excluding hydrogens is 416 g/mol. The van der Waals surface area contributed by atoms with E-state index in [4.69, 9.17) is 9.90 Å². The summed E-state index contributed by atoms with van der Waals surface area (Å²) in [6, 6.07) is 5.10. The Morgan fingerprint density at radius 1 is 1.19 bits per heavy atom. The molecule has 1 atom stereocenters. The number of imide groups is 1. The Morgan fingerprint density at radius 3 is 2.34 bits per heavy atom. The summed E-state index contributed by atoms with van der Waals surface area (Å²) >= 11 is 0. The van der Waals surface area contributed by atoms with Gasteiger partial charge in [-0.3, -0.25) is 24.5 Å². The van der Waals surface area contributed by atoms with Gasteiger partial charge in [0.1, 0.15) is 6.29 Å². The van der Waals surface area contributed by atoms with Gasteiger partial charge in [0.25, 0.3) is 5.91 Å². The van der Waals surface area contributed by atoms with Gasteiger partial charge in [0.05, 0.1) is 17.7 Å². The molecular formula is C22H32N4O6. The Morgan fingerprint density at radius 2 is 1.81 bits per heavy atom. The summed E-state index contributed by atoms with van der Waals surface area (Å²) in [4.78, 5) is 61.4. The van der Waals surface area contributed by atoms with Gasteiger partial charge in [0.2, 0.25) is 12.3 Å². The number of piperazine rings is 1. The van der Waals surface area contributed by atoms with Crippen LogP contribution in [0, 0.1) is 0 Å². The van der Waals surface area contributed by atoms with Crippen molar-refractivity contribution >= 4 is 36.5 Å². The van der Waals surface area contributed by atoms with Crippen LogP contribution in [0.4, 0.5) is 5.69 Å². The molecule has 10 nitrogen and oxygen atoms in total. The van der Waals surface area contributed by atoms with Crippen molar-refractivity contribution in [3.8, 4) is 0 Å². The van der Waals surface area contributed by atoms with Crippen molar-refractivity contribution in [2.75, 3.05) is 51.8 Å². The van der Waals surface area contributed by atoms with Gasteiger partial charge in [-0.15, -0.1) is 0 Å². The fraction of sp³-hybridized carbons (Fsp3) is 0.500. The Kier molecular flexibility index (Phi) is 11.8. The van der Waals surface area contributed by atoms with Crippen LogP contribution in [0.25, 0.3) is 0 Å². The first-order valence-electron chi connectivity index (χ1n) is 10.4. The van der Waals surface area contributed by atoms with Gasteiger partial charge < -0.3 is 24.6 Å². The second kappa shape index (κ2) is 14.0. The first-order chi connectivity index (χ1) is 15.3. The van der Waals surface area contributed by atoms with Crippen molar-refractivity contribution in [2.45, 2.75) is 25.8 Å². The number of amides is 3. The second-order valence-electron chi connectivity index (χ2n) is 7.48. The summed E-state index contributed by atoms with van der Waals surface area (Å²) in [6.07, 6.45) is 2.08. The average Bonchev–Trinajstić information content (AvgIpc) is 2.81. The highest BCUT2D eigenvalue weighted by Gasteiger charge is 2.24. The number of hydrogen-bond acceptors (Lipinski definition) is 8. The monoisotopic (exact) mass is 448 g/mol. The maximum atomic E-state index is 13.0. The number of benzene rings is 1. The number of carbonyl (C=O) groups excluding carboxylic acids is 5. The van der Waals surface area contributed by atoms with E-state index in [0.717, 1.165) is 38.2 Å². The van der Waals surface area contributed by atoms with Crippen LogP contribution >= 0.6 is 0 Å². The molecule has 1 unspecified atom stereocenters. The summed E-state index contributed by atoms with van der Waals surface area (Å²) in [6.45, 7) is 4.86. The predicted octanol–water partition coefficient (Wildman–Crippen LogP) is -0.0582. The van der Waals surface area contributed by atoms with Crippen molar-refractivity contribution in [3.63, 3.8) is 0 Å². The molecule has 0 radical (unpaired) electrons. The second-order valence-corrected chi connectivity index (χ2v) is 7.48. The summed E-state index contributed by atoms with van der Waals surface area (Å²) in [5.41, 5.74) is 1.54. The number of aliphatic hydroxyl groups is 1. The summed E-state index contributed by atoms with van der Waals surface area (Å²) < 4.78 is 0. The number of anilines is 1. The zero-order valence-electron chi connectivity index (χ0n) is 18.8. The average molecular weight is 449 g/mol. The van der Waals surface area contributed by atoms with Gasteiger partial charge in [-0.05, 0) is 32.5 Å². The number of carbonyl (C=O) groups is 5. The van der Waals surface area contributed by atoms with E-state index in [1.165, 1.54) is 4.90 Å². The van der Waals surface area contributed by atoms with Crippen LogP contribution in [0.5, 0.6) is 0 Å². The lowest BCUT2D eigenvalue weighted by Gasteiger charge is -2.35. The van der Waals surface area contributed by atoms with E-state index in [2.05, 4.69) is 22.2 Å². The van der Waals surface area contributed by atoms with Crippen LogP contribution in [-0.2, 0) is 14.4 Å². The largest absolute Gasteiger partial charge is 0.389 e. The Balaban J connectivity index is 0.00000118. The third kappa shape index (κ3) is 7.86. The lowest BCUT2D eigenvalue weighted by atomic mass is 10.0. The van der Waals surface area contributed by atoms with Gasteiger partial charge in [0, 0.05) is 51.4 Å². The highest BCUT2D eigenvalue weighted by molar-refractivity contribution is 6.04. The molecule has 0 aromatic heterocycles. The van der Waals surface area contributed by atoms with Crippen LogP contribution in [0.2, 0.25) is 0 Å². The number of aliphatic hydroxyl groups excluding tert-OH is 1. The maximum absolute atomic E-state index is 13.0. The van der Waals surface area contributed by atoms with E-state index >= 15 is 0 Å². The third-order valence-corrected chi connectivity index (χ3v) is 5.34. The quantitative estimate of drug-likeness (QED) is 0.503. The molecule has 176 valence electrons. The summed E-state index contributed by atoms with van der Waals surface area (Å²) in [5.74, 6) is -0.644. The molecule has 1 aromatic rings. The molecule has 1 aliphatic heterocycles. The van der Waals surface area contributed by atoms with Crippen LogP contribution in [0.3, 0.4) is 0 Å². The summed E-state index contributed by atoms with van der Waals surface area (Å²) in [5, 5.41) is 9.59. The molecule has 2 N–H and O–H groups in total. The van der Waals surface area contributed by atoms with E-state index in [1.807, 2.05) is 13.0 Å². The van der Waals surface area contributed by atoms with Crippen molar-refractivity contribution in [1.29, 1.82) is 0 Å². The number of hydrogen-bond donors (Lipinski definition) is 2. The smallest absolute Gasteiger partial charge is 0.254 e. The minimum atomic E-state index is -0.381. The molecule has 1 aliphatic rings. The molecule has 2 rings (SSSR count). The SMILES string of the molecule is CC(CCC(=O)NC=O)N(C)C(=O)c1cccc(N2CCN(C)CC2)c1C=O.O=CCO. The highest BCUT2D eigenvalue weighted by Crippen LogP contribution is 2.25. The number of nitrogens with zero attached hydrogens (tertiary/aromatic N) is 3. The third-order valence-electron chi connectivity index (χ3n) is 5.34. The normalized spacial score (nSPS) is 14.4. The number of aldehydes is 2. The van der Waals surface area contributed by atoms with Crippen LogP contribution in [-0.4, -0.2) is 98.6 Å². The van der Waals surface area contributed by atoms with E-state index in [-0.39, 0.29) is 30.9 Å². The predicted molar refractivity (Wildman–Crippen MR) is 120 cm³/mol. The molecule has 1 saturated heterocycles. The van der Waals surface area contributed by atoms with Gasteiger partial charge in [-0.25, -0.2) is 0 Å². The zero-order chi connectivity index (χ0) is 24.1. The Hall–Kier alpha value is -3.11. The fourth-order valence-corrected chi connectivity index (χ4v) is 3.25. The molecule has 0 saturated carbocycles. The molecule has 1 aromatic carbocycles. The standard InChI is InChI=1S/C20H28N4O4.C2H4O2/c1-15(7-8-19(27)21-14-26)23(3)20(28)16-5-4-6-18(17(16)13-25)24-11-9-22(2)10-12-24;3-1-2-4/h4-6,13-15H,7-12H2,1-3H3,(H,21,26,27);1,4H,2H2. The molecule has 0 spiro atoms. The molecule has 0 bridgehead atoms. The Bertz CT molecular complexity index is 793. The van der Waals surface area contributed by atoms with E-state index in [1.54, 1.807) is 19.2 Å². The van der Waals surface area contributed by atoms with Gasteiger partial charge in [-0.1, -0.05) is 6.07 Å². The Labute approximate surface area is 188 Å². The lowest BCUT2D eigenvalue weighted by molar-refractivity contribution is -0.125. The van der Waals surface area contributed by atoms with Crippen molar-refractivity contribution < 1.29 is 29.1 Å². The van der Waals surface area contributed by atoms with E-state index in [9.17, 15) is 19.2 Å². The number of rotatable bonds is 9. The molecule has 3 amide bonds.